The summed E-state index contributed by atoms with van der Waals surface area (Å²) in [5, 5.41) is 3.47. The smallest absolute Gasteiger partial charge is 0.00223 e. The maximum Gasteiger partial charge on any atom is 0.00223 e. The molecule has 1 N–H and O–H groups in total. The maximum absolute atomic E-state index is 3.47. The fourth-order valence-corrected chi connectivity index (χ4v) is 3.22. The van der Waals surface area contributed by atoms with Crippen molar-refractivity contribution in [2.24, 2.45) is 17.3 Å². The van der Waals surface area contributed by atoms with E-state index in [0.29, 0.717) is 5.41 Å². The zero-order chi connectivity index (χ0) is 11.6. The maximum atomic E-state index is 3.47. The van der Waals surface area contributed by atoms with Crippen LogP contribution in [0.2, 0.25) is 0 Å². The molecule has 0 bridgehead atoms. The van der Waals surface area contributed by atoms with Gasteiger partial charge < -0.3 is 10.2 Å². The minimum atomic E-state index is 0.515. The highest BCUT2D eigenvalue weighted by Gasteiger charge is 2.29. The molecule has 0 unspecified atom stereocenters. The van der Waals surface area contributed by atoms with E-state index in [2.05, 4.69) is 31.0 Å². The van der Waals surface area contributed by atoms with Crippen LogP contribution in [0.5, 0.6) is 0 Å². The summed E-state index contributed by atoms with van der Waals surface area (Å²) in [5.41, 5.74) is 0.515. The Morgan fingerprint density at radius 3 is 2.31 bits per heavy atom. The number of nitrogens with zero attached hydrogens (tertiary/aromatic N) is 1. The summed E-state index contributed by atoms with van der Waals surface area (Å²) >= 11 is 0. The third-order valence-electron chi connectivity index (χ3n) is 4.49. The van der Waals surface area contributed by atoms with Gasteiger partial charge in [0.2, 0.25) is 0 Å². The van der Waals surface area contributed by atoms with Crippen LogP contribution in [0, 0.1) is 17.3 Å². The van der Waals surface area contributed by atoms with Crippen LogP contribution in [0.1, 0.15) is 40.0 Å². The Hall–Kier alpha value is -0.0800. The van der Waals surface area contributed by atoms with Crippen LogP contribution in [0.25, 0.3) is 0 Å². The molecule has 0 radical (unpaired) electrons. The first-order valence-electron chi connectivity index (χ1n) is 6.99. The summed E-state index contributed by atoms with van der Waals surface area (Å²) in [5.74, 6) is 1.86. The van der Waals surface area contributed by atoms with Gasteiger partial charge in [-0.05, 0) is 62.7 Å². The van der Waals surface area contributed by atoms with Crippen LogP contribution < -0.4 is 5.32 Å². The second-order valence-electron chi connectivity index (χ2n) is 6.80. The van der Waals surface area contributed by atoms with Gasteiger partial charge in [-0.25, -0.2) is 0 Å². The molecule has 2 saturated heterocycles. The van der Waals surface area contributed by atoms with E-state index in [4.69, 9.17) is 0 Å². The van der Waals surface area contributed by atoms with Crippen molar-refractivity contribution >= 4 is 0 Å². The molecule has 0 aromatic heterocycles. The molecule has 2 aliphatic rings. The number of hydrogen-bond acceptors (Lipinski definition) is 2. The van der Waals surface area contributed by atoms with Gasteiger partial charge in [0, 0.05) is 6.54 Å². The van der Waals surface area contributed by atoms with Gasteiger partial charge in [0.05, 0.1) is 0 Å². The lowest BCUT2D eigenvalue weighted by molar-refractivity contribution is 0.103. The minimum absolute atomic E-state index is 0.515. The summed E-state index contributed by atoms with van der Waals surface area (Å²) < 4.78 is 0. The first-order valence-corrected chi connectivity index (χ1v) is 6.99. The quantitative estimate of drug-likeness (QED) is 0.774. The SMILES string of the molecule is CC(C)(C)C1CCN(C[C@@H]2CCNC2)CC1. The molecule has 94 valence electrons. The summed E-state index contributed by atoms with van der Waals surface area (Å²) in [6.07, 6.45) is 4.20. The molecule has 0 amide bonds. The standard InChI is InChI=1S/C14H28N2/c1-14(2,3)13-5-8-16(9-6-13)11-12-4-7-15-10-12/h12-13,15H,4-11H2,1-3H3/t12-/m1/s1. The number of likely N-dealkylation sites (tertiary alicyclic amines) is 1. The molecule has 0 aliphatic carbocycles. The van der Waals surface area contributed by atoms with E-state index in [1.54, 1.807) is 0 Å². The Kier molecular flexibility index (Phi) is 3.91. The average Bonchev–Trinajstić information content (AvgIpc) is 2.70. The van der Waals surface area contributed by atoms with Crippen LogP contribution in [0.4, 0.5) is 0 Å². The normalized spacial score (nSPS) is 29.8. The third-order valence-corrected chi connectivity index (χ3v) is 4.49. The summed E-state index contributed by atoms with van der Waals surface area (Å²) in [4.78, 5) is 2.69. The lowest BCUT2D eigenvalue weighted by Crippen LogP contribution is -2.40. The number of piperidine rings is 1. The molecule has 0 aromatic carbocycles. The van der Waals surface area contributed by atoms with Gasteiger partial charge in [-0.15, -0.1) is 0 Å². The van der Waals surface area contributed by atoms with E-state index >= 15 is 0 Å². The fourth-order valence-electron chi connectivity index (χ4n) is 3.22. The second-order valence-corrected chi connectivity index (χ2v) is 6.80. The van der Waals surface area contributed by atoms with Gasteiger partial charge in [0.15, 0.2) is 0 Å². The first-order chi connectivity index (χ1) is 7.55. The van der Waals surface area contributed by atoms with Crippen molar-refractivity contribution in [1.29, 1.82) is 0 Å². The average molecular weight is 224 g/mol. The molecule has 1 atom stereocenters. The lowest BCUT2D eigenvalue weighted by Gasteiger charge is -2.39. The van der Waals surface area contributed by atoms with Crippen LogP contribution in [0.15, 0.2) is 0 Å². The minimum Gasteiger partial charge on any atom is -0.316 e. The number of nitrogens with one attached hydrogen (secondary N) is 1. The van der Waals surface area contributed by atoms with E-state index in [-0.39, 0.29) is 0 Å². The van der Waals surface area contributed by atoms with Crippen molar-refractivity contribution in [3.63, 3.8) is 0 Å². The largest absolute Gasteiger partial charge is 0.316 e. The van der Waals surface area contributed by atoms with E-state index in [9.17, 15) is 0 Å². The van der Waals surface area contributed by atoms with Crippen molar-refractivity contribution in [1.82, 2.24) is 10.2 Å². The van der Waals surface area contributed by atoms with Gasteiger partial charge >= 0.3 is 0 Å². The molecule has 2 fully saturated rings. The Labute approximate surface area is 101 Å². The van der Waals surface area contributed by atoms with Crippen molar-refractivity contribution in [2.45, 2.75) is 40.0 Å². The zero-order valence-electron chi connectivity index (χ0n) is 11.3. The van der Waals surface area contributed by atoms with Crippen LogP contribution >= 0.6 is 0 Å². The molecule has 0 spiro atoms. The highest BCUT2D eigenvalue weighted by Crippen LogP contribution is 2.34. The van der Waals surface area contributed by atoms with Gasteiger partial charge in [-0.3, -0.25) is 0 Å². The van der Waals surface area contributed by atoms with Crippen LogP contribution in [-0.4, -0.2) is 37.6 Å². The first kappa shape index (κ1) is 12.4. The summed E-state index contributed by atoms with van der Waals surface area (Å²) in [6.45, 7) is 13.7. The van der Waals surface area contributed by atoms with Crippen molar-refractivity contribution < 1.29 is 0 Å². The fraction of sp³-hybridized carbons (Fsp3) is 1.00. The van der Waals surface area contributed by atoms with Gasteiger partial charge in [0.1, 0.15) is 0 Å². The predicted molar refractivity (Wildman–Crippen MR) is 69.6 cm³/mol. The molecule has 2 heteroatoms. The van der Waals surface area contributed by atoms with Crippen LogP contribution in [0.3, 0.4) is 0 Å². The van der Waals surface area contributed by atoms with Crippen molar-refractivity contribution in [2.75, 3.05) is 32.7 Å². The van der Waals surface area contributed by atoms with E-state index < -0.39 is 0 Å². The Balaban J connectivity index is 1.72. The Bertz CT molecular complexity index is 205. The monoisotopic (exact) mass is 224 g/mol. The molecule has 16 heavy (non-hydrogen) atoms. The molecular weight excluding hydrogens is 196 g/mol. The number of rotatable bonds is 2. The highest BCUT2D eigenvalue weighted by atomic mass is 15.1. The molecule has 2 heterocycles. The van der Waals surface area contributed by atoms with Crippen molar-refractivity contribution in [3.8, 4) is 0 Å². The number of hydrogen-bond donors (Lipinski definition) is 1. The molecule has 2 aliphatic heterocycles. The van der Waals surface area contributed by atoms with E-state index in [1.165, 1.54) is 52.0 Å². The van der Waals surface area contributed by atoms with Crippen molar-refractivity contribution in [3.05, 3.63) is 0 Å². The predicted octanol–water partition coefficient (Wildman–Crippen LogP) is 2.35. The topological polar surface area (TPSA) is 15.3 Å². The Morgan fingerprint density at radius 2 is 1.81 bits per heavy atom. The molecule has 2 rings (SSSR count). The third kappa shape index (κ3) is 3.21. The van der Waals surface area contributed by atoms with Gasteiger partial charge in [-0.2, -0.15) is 0 Å². The summed E-state index contributed by atoms with van der Waals surface area (Å²) in [7, 11) is 0. The Morgan fingerprint density at radius 1 is 1.12 bits per heavy atom. The van der Waals surface area contributed by atoms with Crippen LogP contribution in [-0.2, 0) is 0 Å². The zero-order valence-corrected chi connectivity index (χ0v) is 11.3. The molecule has 2 nitrogen and oxygen atoms in total. The molecular formula is C14H28N2. The van der Waals surface area contributed by atoms with E-state index in [1.807, 2.05) is 0 Å². The van der Waals surface area contributed by atoms with E-state index in [0.717, 1.165) is 11.8 Å². The molecule has 0 aromatic rings. The van der Waals surface area contributed by atoms with Gasteiger partial charge in [0.25, 0.3) is 0 Å². The van der Waals surface area contributed by atoms with Gasteiger partial charge in [-0.1, -0.05) is 20.8 Å². The summed E-state index contributed by atoms with van der Waals surface area (Å²) in [6, 6.07) is 0. The molecule has 0 saturated carbocycles. The second kappa shape index (κ2) is 5.05. The highest BCUT2D eigenvalue weighted by molar-refractivity contribution is 4.82. The lowest BCUT2D eigenvalue weighted by atomic mass is 9.75.